The van der Waals surface area contributed by atoms with Crippen molar-refractivity contribution in [2.75, 3.05) is 10.6 Å². The summed E-state index contributed by atoms with van der Waals surface area (Å²) in [7, 11) is 0. The Morgan fingerprint density at radius 3 is 1.17 bits per heavy atom. The largest absolute Gasteiger partial charge is 0.478 e. The van der Waals surface area contributed by atoms with E-state index in [1.54, 1.807) is 97.1 Å². The highest BCUT2D eigenvalue weighted by atomic mass is 16.5. The fourth-order valence-corrected chi connectivity index (χ4v) is 12.0. The summed E-state index contributed by atoms with van der Waals surface area (Å²) in [6.45, 7) is 16.4. The Hall–Kier alpha value is -10.5. The van der Waals surface area contributed by atoms with E-state index < -0.39 is 29.3 Å². The predicted octanol–water partition coefficient (Wildman–Crippen LogP) is 18.7. The minimum atomic E-state index is -1.50. The number of carboxylic acid groups (broad SMARTS) is 1. The zero-order valence-corrected chi connectivity index (χ0v) is 48.8. The van der Waals surface area contributed by atoms with E-state index in [0.717, 1.165) is 22.3 Å². The minimum Gasteiger partial charge on any atom is -0.478 e. The fraction of sp³-hybridized carbons (Fsp3) is 0.164. The van der Waals surface area contributed by atoms with E-state index in [9.17, 15) is 20.1 Å². The molecule has 3 amide bonds. The van der Waals surface area contributed by atoms with E-state index in [0.29, 0.717) is 34.0 Å². The molecule has 13 heteroatoms. The average molecular weight is 1140 g/mol. The van der Waals surface area contributed by atoms with E-state index >= 15 is 9.59 Å². The van der Waals surface area contributed by atoms with E-state index in [1.165, 1.54) is 0 Å². The molecular weight excluding hydrogens is 1080 g/mol. The van der Waals surface area contributed by atoms with Crippen LogP contribution in [0.5, 0.6) is 46.0 Å². The van der Waals surface area contributed by atoms with Gasteiger partial charge in [-0.1, -0.05) is 165 Å². The van der Waals surface area contributed by atoms with Gasteiger partial charge in [-0.3, -0.25) is 25.1 Å². The quantitative estimate of drug-likeness (QED) is 0.0193. The van der Waals surface area contributed by atoms with Crippen molar-refractivity contribution in [2.24, 2.45) is 0 Å². The van der Waals surface area contributed by atoms with Crippen molar-refractivity contribution in [2.45, 2.75) is 79.1 Å². The van der Waals surface area contributed by atoms with Crippen LogP contribution in [0.4, 0.5) is 11.4 Å². The minimum absolute atomic E-state index is 0.0358. The van der Waals surface area contributed by atoms with Crippen LogP contribution in [0.3, 0.4) is 0 Å². The van der Waals surface area contributed by atoms with Gasteiger partial charge in [-0.2, -0.15) is 0 Å². The topological polar surface area (TPSA) is 185 Å². The summed E-state index contributed by atoms with van der Waals surface area (Å²) in [5.41, 5.74) is 4.14. The van der Waals surface area contributed by atoms with Crippen LogP contribution in [0, 0.1) is 5.41 Å². The number of anilines is 2. The molecule has 0 unspecified atom stereocenters. The Balaban J connectivity index is 1.38. The molecule has 428 valence electrons. The molecule has 0 spiro atoms. The van der Waals surface area contributed by atoms with Crippen LogP contribution in [0.15, 0.2) is 176 Å². The van der Waals surface area contributed by atoms with Crippen LogP contribution < -0.4 is 34.9 Å². The number of aromatic carboxylic acids is 1. The molecule has 0 bridgehead atoms. The molecule has 0 saturated carbocycles. The number of hydrogen-bond donors (Lipinski definition) is 5. The summed E-state index contributed by atoms with van der Waals surface area (Å²) in [6.07, 6.45) is 0. The summed E-state index contributed by atoms with van der Waals surface area (Å²) in [4.78, 5) is 60.8. The number of carboxylic acids is 1. The van der Waals surface area contributed by atoms with Crippen LogP contribution in [-0.4, -0.2) is 34.6 Å². The standard InChI is InChI=1S/C73H62N4O9/c1-38(2)46-31-21-32-47(39(3)4)66(46)75-69(74)64-57-52(70(78)76-67-48(40(5)6)33-22-34-49(67)41(7)8)37-54(84-43-25-15-10-16-26-43)59-58-53(83-42-23-13-9-14-24-42)35-50-56-51(72(80)77-71(50)79)36-55(85-44-27-17-11-18-28-44)60(61(56)58)63(62(57)59)68(65(64)73(81)82)86-45-29-19-12-20-30-45/h9-41H,1-8H3,(H2,74,75)(H,76,78)(H,81,82)(H,77,79,80). The summed E-state index contributed by atoms with van der Waals surface area (Å²) in [5.74, 6) is -2.69. The van der Waals surface area contributed by atoms with Gasteiger partial charge in [-0.05, 0) is 113 Å². The molecule has 5 N–H and O–H groups in total. The number of amides is 3. The molecule has 11 aromatic rings. The number of rotatable bonds is 17. The van der Waals surface area contributed by atoms with Gasteiger partial charge in [0.25, 0.3) is 17.7 Å². The normalized spacial score (nSPS) is 12.2. The van der Waals surface area contributed by atoms with Crippen LogP contribution in [0.2, 0.25) is 0 Å². The summed E-state index contributed by atoms with van der Waals surface area (Å²) < 4.78 is 28.3. The Morgan fingerprint density at radius 2 is 0.779 bits per heavy atom. The maximum Gasteiger partial charge on any atom is 0.340 e. The van der Waals surface area contributed by atoms with Crippen molar-refractivity contribution in [3.63, 3.8) is 0 Å². The van der Waals surface area contributed by atoms with Crippen LogP contribution in [0.1, 0.15) is 148 Å². The first-order valence-electron chi connectivity index (χ1n) is 28.8. The SMILES string of the molecule is CC(C)c1cccc(C(C)C)c1NC(=N)c1c(C(=O)O)c(Oc2ccccc2)c2c3c(Oc4ccccc4)cc4c5c(cc(Oc6ccccc6)c(c6c(Oc7ccccc7)cc(C(=O)Nc7c(C(C)C)cccc7C(C)C)c1c62)c53)C(=O)NC4=O. The Kier molecular flexibility index (Phi) is 14.7. The highest BCUT2D eigenvalue weighted by molar-refractivity contribution is 6.45. The van der Waals surface area contributed by atoms with Gasteiger partial charge in [-0.25, -0.2) is 4.79 Å². The second-order valence-corrected chi connectivity index (χ2v) is 22.8. The number of para-hydroxylation sites is 6. The summed E-state index contributed by atoms with van der Waals surface area (Å²) in [6, 6.07) is 52.2. The van der Waals surface area contributed by atoms with Crippen molar-refractivity contribution < 1.29 is 43.2 Å². The number of nitrogens with one attached hydrogen (secondary N) is 4. The zero-order chi connectivity index (χ0) is 60.2. The van der Waals surface area contributed by atoms with Crippen LogP contribution in [-0.2, 0) is 0 Å². The molecule has 0 fully saturated rings. The Labute approximate surface area is 497 Å². The molecule has 12 rings (SSSR count). The second-order valence-electron chi connectivity index (χ2n) is 22.8. The highest BCUT2D eigenvalue weighted by Crippen LogP contribution is 2.58. The van der Waals surface area contributed by atoms with Crippen molar-refractivity contribution in [3.05, 3.63) is 226 Å². The monoisotopic (exact) mass is 1140 g/mol. The number of imide groups is 1. The van der Waals surface area contributed by atoms with Gasteiger partial charge < -0.3 is 34.7 Å². The molecule has 0 aliphatic carbocycles. The van der Waals surface area contributed by atoms with Gasteiger partial charge in [0, 0.05) is 60.0 Å². The molecule has 13 nitrogen and oxygen atoms in total. The summed E-state index contributed by atoms with van der Waals surface area (Å²) in [5, 5.41) is 34.0. The lowest BCUT2D eigenvalue weighted by atomic mass is 9.80. The van der Waals surface area contributed by atoms with Crippen LogP contribution >= 0.6 is 0 Å². The van der Waals surface area contributed by atoms with E-state index in [4.69, 9.17) is 18.9 Å². The van der Waals surface area contributed by atoms with E-state index in [1.807, 2.05) is 78.9 Å². The molecule has 0 aromatic heterocycles. The number of ether oxygens (including phenoxy) is 4. The first kappa shape index (κ1) is 56.0. The van der Waals surface area contributed by atoms with Crippen molar-refractivity contribution in [1.29, 1.82) is 5.41 Å². The third-order valence-corrected chi connectivity index (χ3v) is 15.9. The molecule has 11 aromatic carbocycles. The second kappa shape index (κ2) is 22.6. The van der Waals surface area contributed by atoms with Gasteiger partial charge in [0.1, 0.15) is 51.6 Å². The maximum atomic E-state index is 16.5. The van der Waals surface area contributed by atoms with Crippen LogP contribution in [0.25, 0.3) is 43.1 Å². The molecule has 1 aliphatic rings. The number of amidine groups is 1. The lowest BCUT2D eigenvalue weighted by Crippen LogP contribution is -2.34. The molecular formula is C73H62N4O9. The maximum absolute atomic E-state index is 16.5. The highest BCUT2D eigenvalue weighted by Gasteiger charge is 2.39. The Morgan fingerprint density at radius 1 is 0.419 bits per heavy atom. The van der Waals surface area contributed by atoms with Gasteiger partial charge in [0.15, 0.2) is 5.75 Å². The average Bonchev–Trinajstić information content (AvgIpc) is 0.724. The lowest BCUT2D eigenvalue weighted by molar-refractivity contribution is 0.0692. The van der Waals surface area contributed by atoms with E-state index in [-0.39, 0.29) is 118 Å². The lowest BCUT2D eigenvalue weighted by Gasteiger charge is -2.29. The number of carbonyl (C=O) groups excluding carboxylic acids is 3. The smallest absolute Gasteiger partial charge is 0.340 e. The van der Waals surface area contributed by atoms with Gasteiger partial charge >= 0.3 is 5.97 Å². The number of benzene rings is 11. The first-order valence-corrected chi connectivity index (χ1v) is 28.8. The Bertz CT molecular complexity index is 4470. The molecule has 0 saturated heterocycles. The van der Waals surface area contributed by atoms with Crippen molar-refractivity contribution in [1.82, 2.24) is 5.32 Å². The number of hydrogen-bond acceptors (Lipinski definition) is 9. The zero-order valence-electron chi connectivity index (χ0n) is 48.8. The van der Waals surface area contributed by atoms with Gasteiger partial charge in [0.2, 0.25) is 0 Å². The predicted molar refractivity (Wildman–Crippen MR) is 340 cm³/mol. The molecule has 1 aliphatic heterocycles. The molecule has 0 radical (unpaired) electrons. The van der Waals surface area contributed by atoms with Gasteiger partial charge in [0.05, 0.1) is 16.7 Å². The van der Waals surface area contributed by atoms with E-state index in [2.05, 4.69) is 71.3 Å². The fourth-order valence-electron chi connectivity index (χ4n) is 12.0. The number of carbonyl (C=O) groups is 4. The third kappa shape index (κ3) is 9.90. The van der Waals surface area contributed by atoms with Crippen molar-refractivity contribution in [3.8, 4) is 46.0 Å². The number of fused-ring (bicyclic) bond motifs is 2. The first-order chi connectivity index (χ1) is 41.5. The van der Waals surface area contributed by atoms with Gasteiger partial charge in [-0.15, -0.1) is 0 Å². The molecule has 86 heavy (non-hydrogen) atoms. The van der Waals surface area contributed by atoms with Crippen molar-refractivity contribution >= 4 is 84.0 Å². The molecule has 0 atom stereocenters. The molecule has 1 heterocycles. The summed E-state index contributed by atoms with van der Waals surface area (Å²) >= 11 is 0. The third-order valence-electron chi connectivity index (χ3n) is 15.9.